The molecule has 2 aromatic carbocycles. The number of amides is 2. The van der Waals surface area contributed by atoms with Crippen molar-refractivity contribution in [3.8, 4) is 11.5 Å². The Morgan fingerprint density at radius 3 is 2.36 bits per heavy atom. The molecule has 1 heterocycles. The van der Waals surface area contributed by atoms with Crippen LogP contribution in [0.3, 0.4) is 0 Å². The van der Waals surface area contributed by atoms with Crippen LogP contribution in [0, 0.1) is 0 Å². The van der Waals surface area contributed by atoms with E-state index in [0.717, 1.165) is 47.6 Å². The number of carbonyl (C=O) groups is 2. The highest BCUT2D eigenvalue weighted by atomic mass is 32.1. The molecule has 172 valence electrons. The molecule has 4 rings (SSSR count). The van der Waals surface area contributed by atoms with Crippen LogP contribution in [0.2, 0.25) is 0 Å². The van der Waals surface area contributed by atoms with Crippen LogP contribution < -0.4 is 20.1 Å². The van der Waals surface area contributed by atoms with Crippen molar-refractivity contribution in [1.82, 2.24) is 10.3 Å². The maximum Gasteiger partial charge on any atom is 0.257 e. The van der Waals surface area contributed by atoms with Gasteiger partial charge in [0.25, 0.3) is 5.91 Å². The molecule has 3 aromatic rings. The van der Waals surface area contributed by atoms with E-state index in [-0.39, 0.29) is 17.7 Å². The van der Waals surface area contributed by atoms with Crippen LogP contribution in [-0.4, -0.2) is 37.6 Å². The molecule has 7 nitrogen and oxygen atoms in total. The topological polar surface area (TPSA) is 89.6 Å². The predicted molar refractivity (Wildman–Crippen MR) is 128 cm³/mol. The van der Waals surface area contributed by atoms with Gasteiger partial charge in [-0.2, -0.15) is 0 Å². The summed E-state index contributed by atoms with van der Waals surface area (Å²) in [4.78, 5) is 31.2. The lowest BCUT2D eigenvalue weighted by atomic mass is 9.90. The van der Waals surface area contributed by atoms with Crippen molar-refractivity contribution in [2.24, 2.45) is 0 Å². The molecule has 1 aliphatic rings. The number of aromatic nitrogens is 1. The molecule has 0 saturated heterocycles. The molecule has 33 heavy (non-hydrogen) atoms. The first kappa shape index (κ1) is 22.8. The number of hydrogen-bond donors (Lipinski definition) is 2. The SMILES string of the molecule is COc1ccc(CCNC(=O)C2CCCc3sc(NC(=O)c4ccc(OC)cc4)nc32)cc1. The summed E-state index contributed by atoms with van der Waals surface area (Å²) < 4.78 is 10.3. The highest BCUT2D eigenvalue weighted by Gasteiger charge is 2.30. The third-order valence-electron chi connectivity index (χ3n) is 5.72. The van der Waals surface area contributed by atoms with Crippen LogP contribution in [0.1, 0.15) is 45.3 Å². The molecule has 2 amide bonds. The summed E-state index contributed by atoms with van der Waals surface area (Å²) >= 11 is 1.45. The maximum atomic E-state index is 12.9. The Hall–Kier alpha value is -3.39. The quantitative estimate of drug-likeness (QED) is 0.521. The van der Waals surface area contributed by atoms with Gasteiger partial charge in [0.1, 0.15) is 11.5 Å². The molecule has 1 aliphatic carbocycles. The second-order valence-electron chi connectivity index (χ2n) is 7.84. The standard InChI is InChI=1S/C25H27N3O4S/c1-31-18-10-6-16(7-11-18)14-15-26-24(30)20-4-3-5-21-22(20)27-25(33-21)28-23(29)17-8-12-19(32-2)13-9-17/h6-13,20H,3-5,14-15H2,1-2H3,(H,26,30)(H,27,28,29). The fourth-order valence-corrected chi connectivity index (χ4v) is 4.94. The number of nitrogens with one attached hydrogen (secondary N) is 2. The number of nitrogens with zero attached hydrogens (tertiary/aromatic N) is 1. The summed E-state index contributed by atoms with van der Waals surface area (Å²) in [6, 6.07) is 14.7. The second kappa shape index (κ2) is 10.5. The second-order valence-corrected chi connectivity index (χ2v) is 8.93. The molecule has 0 radical (unpaired) electrons. The van der Waals surface area contributed by atoms with Crippen LogP contribution >= 0.6 is 11.3 Å². The van der Waals surface area contributed by atoms with Gasteiger partial charge in [-0.1, -0.05) is 12.1 Å². The first-order valence-electron chi connectivity index (χ1n) is 10.9. The van der Waals surface area contributed by atoms with Gasteiger partial charge in [0.05, 0.1) is 25.8 Å². The van der Waals surface area contributed by atoms with E-state index in [2.05, 4.69) is 15.6 Å². The Balaban J connectivity index is 1.36. The molecular formula is C25H27N3O4S. The summed E-state index contributed by atoms with van der Waals surface area (Å²) in [6.45, 7) is 0.558. The normalized spacial score (nSPS) is 14.8. The van der Waals surface area contributed by atoms with Crippen LogP contribution in [0.25, 0.3) is 0 Å². The highest BCUT2D eigenvalue weighted by molar-refractivity contribution is 7.16. The number of anilines is 1. The fourth-order valence-electron chi connectivity index (χ4n) is 3.88. The predicted octanol–water partition coefficient (Wildman–Crippen LogP) is 4.19. The zero-order chi connectivity index (χ0) is 23.2. The number of rotatable bonds is 8. The average molecular weight is 466 g/mol. The first-order chi connectivity index (χ1) is 16.1. The molecule has 8 heteroatoms. The van der Waals surface area contributed by atoms with E-state index in [9.17, 15) is 9.59 Å². The van der Waals surface area contributed by atoms with Gasteiger partial charge in [0.15, 0.2) is 5.13 Å². The summed E-state index contributed by atoms with van der Waals surface area (Å²) in [5, 5.41) is 6.45. The van der Waals surface area contributed by atoms with Gasteiger partial charge in [-0.05, 0) is 67.6 Å². The summed E-state index contributed by atoms with van der Waals surface area (Å²) in [5.41, 5.74) is 2.45. The van der Waals surface area contributed by atoms with E-state index in [1.165, 1.54) is 11.3 Å². The van der Waals surface area contributed by atoms with Crippen molar-refractivity contribution < 1.29 is 19.1 Å². The van der Waals surface area contributed by atoms with Crippen molar-refractivity contribution in [1.29, 1.82) is 0 Å². The van der Waals surface area contributed by atoms with E-state index < -0.39 is 0 Å². The molecule has 0 aliphatic heterocycles. The molecule has 0 spiro atoms. The third-order valence-corrected chi connectivity index (χ3v) is 6.76. The highest BCUT2D eigenvalue weighted by Crippen LogP contribution is 2.37. The first-order valence-corrected chi connectivity index (χ1v) is 11.7. The Labute approximate surface area is 197 Å². The minimum atomic E-state index is -0.285. The van der Waals surface area contributed by atoms with E-state index in [4.69, 9.17) is 9.47 Å². The summed E-state index contributed by atoms with van der Waals surface area (Å²) in [6.07, 6.45) is 3.31. The Kier molecular flexibility index (Phi) is 7.24. The number of hydrogen-bond acceptors (Lipinski definition) is 6. The number of thiazole rings is 1. The van der Waals surface area contributed by atoms with Gasteiger partial charge in [0.2, 0.25) is 5.91 Å². The Morgan fingerprint density at radius 1 is 1.03 bits per heavy atom. The zero-order valence-corrected chi connectivity index (χ0v) is 19.5. The zero-order valence-electron chi connectivity index (χ0n) is 18.7. The van der Waals surface area contributed by atoms with E-state index >= 15 is 0 Å². The molecule has 1 unspecified atom stereocenters. The number of carbonyl (C=O) groups excluding carboxylic acids is 2. The molecule has 1 atom stereocenters. The van der Waals surface area contributed by atoms with E-state index in [0.29, 0.717) is 23.0 Å². The Bertz CT molecular complexity index is 1110. The molecular weight excluding hydrogens is 438 g/mol. The minimum absolute atomic E-state index is 0.0113. The number of methoxy groups -OCH3 is 2. The van der Waals surface area contributed by atoms with Gasteiger partial charge in [-0.15, -0.1) is 11.3 Å². The lowest BCUT2D eigenvalue weighted by Crippen LogP contribution is -2.32. The monoisotopic (exact) mass is 465 g/mol. The average Bonchev–Trinajstić information content (AvgIpc) is 3.26. The molecule has 0 saturated carbocycles. The number of ether oxygens (including phenoxy) is 2. The molecule has 1 aromatic heterocycles. The van der Waals surface area contributed by atoms with Gasteiger partial charge >= 0.3 is 0 Å². The maximum absolute atomic E-state index is 12.9. The number of benzene rings is 2. The van der Waals surface area contributed by atoms with Gasteiger partial charge < -0.3 is 14.8 Å². The molecule has 0 bridgehead atoms. The van der Waals surface area contributed by atoms with Crippen molar-refractivity contribution in [3.63, 3.8) is 0 Å². The number of aryl methyl sites for hydroxylation is 1. The van der Waals surface area contributed by atoms with Crippen LogP contribution in [0.15, 0.2) is 48.5 Å². The van der Waals surface area contributed by atoms with E-state index in [1.54, 1.807) is 38.5 Å². The van der Waals surface area contributed by atoms with Crippen LogP contribution in [-0.2, 0) is 17.6 Å². The summed E-state index contributed by atoms with van der Waals surface area (Å²) in [5.74, 6) is 0.979. The van der Waals surface area contributed by atoms with Crippen molar-refractivity contribution in [2.75, 3.05) is 26.1 Å². The smallest absolute Gasteiger partial charge is 0.257 e. The molecule has 2 N–H and O–H groups in total. The van der Waals surface area contributed by atoms with Crippen LogP contribution in [0.5, 0.6) is 11.5 Å². The van der Waals surface area contributed by atoms with Gasteiger partial charge in [0, 0.05) is 17.0 Å². The minimum Gasteiger partial charge on any atom is -0.497 e. The van der Waals surface area contributed by atoms with E-state index in [1.807, 2.05) is 24.3 Å². The lowest BCUT2D eigenvalue weighted by Gasteiger charge is -2.20. The summed E-state index contributed by atoms with van der Waals surface area (Å²) in [7, 11) is 3.23. The Morgan fingerprint density at radius 2 is 1.70 bits per heavy atom. The van der Waals surface area contributed by atoms with Gasteiger partial charge in [-0.25, -0.2) is 4.98 Å². The lowest BCUT2D eigenvalue weighted by molar-refractivity contribution is -0.122. The fraction of sp³-hybridized carbons (Fsp3) is 0.320. The van der Waals surface area contributed by atoms with Gasteiger partial charge in [-0.3, -0.25) is 14.9 Å². The molecule has 0 fully saturated rings. The van der Waals surface area contributed by atoms with Crippen molar-refractivity contribution in [3.05, 3.63) is 70.2 Å². The van der Waals surface area contributed by atoms with Crippen molar-refractivity contribution >= 4 is 28.3 Å². The number of fused-ring (bicyclic) bond motifs is 1. The van der Waals surface area contributed by atoms with Crippen LogP contribution in [0.4, 0.5) is 5.13 Å². The van der Waals surface area contributed by atoms with Crippen molar-refractivity contribution in [2.45, 2.75) is 31.6 Å². The largest absolute Gasteiger partial charge is 0.497 e. The third kappa shape index (κ3) is 5.51.